The van der Waals surface area contributed by atoms with Gasteiger partial charge in [-0.15, -0.1) is 0 Å². The first-order chi connectivity index (χ1) is 8.49. The topological polar surface area (TPSA) is 58.4 Å². The van der Waals surface area contributed by atoms with Gasteiger partial charge in [-0.3, -0.25) is 4.79 Å². The second-order valence-corrected chi connectivity index (χ2v) is 5.27. The molecule has 1 aromatic carbocycles. The third-order valence-electron chi connectivity index (χ3n) is 3.42. The van der Waals surface area contributed by atoms with E-state index in [9.17, 15) is 4.79 Å². The molecule has 1 saturated carbocycles. The zero-order valence-corrected chi connectivity index (χ0v) is 11.2. The van der Waals surface area contributed by atoms with Crippen molar-refractivity contribution >= 4 is 17.3 Å². The number of rotatable bonds is 4. The molecule has 1 aliphatic rings. The monoisotopic (exact) mass is 247 g/mol. The Kier molecular flexibility index (Phi) is 3.45. The molecule has 1 aromatic rings. The minimum Gasteiger partial charge on any atom is -0.397 e. The van der Waals surface area contributed by atoms with Crippen molar-refractivity contribution in [2.75, 3.05) is 25.1 Å². The molecule has 0 aromatic heterocycles. The van der Waals surface area contributed by atoms with Crippen LogP contribution in [0.5, 0.6) is 0 Å². The van der Waals surface area contributed by atoms with Gasteiger partial charge in [0.05, 0.1) is 11.4 Å². The van der Waals surface area contributed by atoms with Gasteiger partial charge in [0.2, 0.25) is 0 Å². The molecule has 2 rings (SSSR count). The minimum atomic E-state index is -0.0245. The predicted octanol–water partition coefficient (Wildman–Crippen LogP) is 2.18. The van der Waals surface area contributed by atoms with Gasteiger partial charge in [0.1, 0.15) is 0 Å². The van der Waals surface area contributed by atoms with Crippen LogP contribution in [0.3, 0.4) is 0 Å². The fraction of sp³-hybridized carbons (Fsp3) is 0.500. The Morgan fingerprint density at radius 3 is 2.61 bits per heavy atom. The van der Waals surface area contributed by atoms with E-state index in [2.05, 4.69) is 12.2 Å². The van der Waals surface area contributed by atoms with Gasteiger partial charge >= 0.3 is 0 Å². The van der Waals surface area contributed by atoms with Gasteiger partial charge in [-0.05, 0) is 43.9 Å². The van der Waals surface area contributed by atoms with Crippen LogP contribution in [-0.4, -0.2) is 30.9 Å². The fourth-order valence-electron chi connectivity index (χ4n) is 2.04. The molecule has 0 spiro atoms. The number of carbonyl (C=O) groups excluding carboxylic acids is 1. The summed E-state index contributed by atoms with van der Waals surface area (Å²) in [6, 6.07) is 5.90. The number of anilines is 2. The van der Waals surface area contributed by atoms with Crippen LogP contribution in [0.15, 0.2) is 18.2 Å². The van der Waals surface area contributed by atoms with Crippen molar-refractivity contribution in [2.24, 2.45) is 5.92 Å². The highest BCUT2D eigenvalue weighted by molar-refractivity contribution is 5.95. The number of nitrogens with two attached hydrogens (primary N) is 1. The van der Waals surface area contributed by atoms with Gasteiger partial charge in [-0.25, -0.2) is 0 Å². The number of hydrogen-bond donors (Lipinski definition) is 2. The van der Waals surface area contributed by atoms with Gasteiger partial charge in [-0.2, -0.15) is 0 Å². The van der Waals surface area contributed by atoms with Crippen molar-refractivity contribution in [3.8, 4) is 0 Å². The summed E-state index contributed by atoms with van der Waals surface area (Å²) in [5.74, 6) is 0.746. The van der Waals surface area contributed by atoms with E-state index < -0.39 is 0 Å². The van der Waals surface area contributed by atoms with Gasteiger partial charge in [0.15, 0.2) is 0 Å². The van der Waals surface area contributed by atoms with Crippen molar-refractivity contribution in [2.45, 2.75) is 25.8 Å². The standard InChI is InChI=1S/C14H21N3O/c1-9(10-4-5-10)16-13-7-6-11(8-12(13)15)14(18)17(2)3/h6-10,16H,4-5,15H2,1-3H3. The van der Waals surface area contributed by atoms with E-state index in [-0.39, 0.29) is 5.91 Å². The molecule has 1 atom stereocenters. The number of benzene rings is 1. The second-order valence-electron chi connectivity index (χ2n) is 5.27. The maximum absolute atomic E-state index is 11.8. The van der Waals surface area contributed by atoms with Crippen LogP contribution in [-0.2, 0) is 0 Å². The van der Waals surface area contributed by atoms with Gasteiger partial charge in [-0.1, -0.05) is 0 Å². The van der Waals surface area contributed by atoms with Crippen molar-refractivity contribution in [3.63, 3.8) is 0 Å². The average molecular weight is 247 g/mol. The number of nitrogens with zero attached hydrogens (tertiary/aromatic N) is 1. The van der Waals surface area contributed by atoms with Crippen LogP contribution in [0.25, 0.3) is 0 Å². The molecule has 0 saturated heterocycles. The van der Waals surface area contributed by atoms with E-state index in [4.69, 9.17) is 5.73 Å². The molecule has 3 N–H and O–H groups in total. The summed E-state index contributed by atoms with van der Waals surface area (Å²) in [6.07, 6.45) is 2.59. The average Bonchev–Trinajstić information content (AvgIpc) is 3.14. The smallest absolute Gasteiger partial charge is 0.253 e. The van der Waals surface area contributed by atoms with Crippen molar-refractivity contribution in [1.82, 2.24) is 4.90 Å². The Morgan fingerprint density at radius 1 is 1.44 bits per heavy atom. The lowest BCUT2D eigenvalue weighted by Crippen LogP contribution is -2.22. The molecule has 1 aliphatic carbocycles. The molecular formula is C14H21N3O. The fourth-order valence-corrected chi connectivity index (χ4v) is 2.04. The lowest BCUT2D eigenvalue weighted by Gasteiger charge is -2.17. The predicted molar refractivity (Wildman–Crippen MR) is 74.7 cm³/mol. The molecule has 18 heavy (non-hydrogen) atoms. The summed E-state index contributed by atoms with van der Waals surface area (Å²) in [5, 5.41) is 3.42. The molecule has 0 radical (unpaired) electrons. The molecule has 0 aliphatic heterocycles. The van der Waals surface area contributed by atoms with Crippen LogP contribution in [0.4, 0.5) is 11.4 Å². The minimum absolute atomic E-state index is 0.0245. The number of amides is 1. The van der Waals surface area contributed by atoms with E-state index in [0.717, 1.165) is 11.6 Å². The number of nitrogen functional groups attached to an aromatic ring is 1. The maximum Gasteiger partial charge on any atom is 0.253 e. The zero-order chi connectivity index (χ0) is 13.3. The van der Waals surface area contributed by atoms with Crippen LogP contribution in [0.1, 0.15) is 30.1 Å². The first-order valence-corrected chi connectivity index (χ1v) is 6.36. The van der Waals surface area contributed by atoms with Crippen molar-refractivity contribution in [1.29, 1.82) is 0 Å². The summed E-state index contributed by atoms with van der Waals surface area (Å²) >= 11 is 0. The maximum atomic E-state index is 11.8. The summed E-state index contributed by atoms with van der Waals surface area (Å²) in [7, 11) is 3.47. The molecule has 98 valence electrons. The highest BCUT2D eigenvalue weighted by Gasteiger charge is 2.28. The third kappa shape index (κ3) is 2.75. The summed E-state index contributed by atoms with van der Waals surface area (Å²) in [4.78, 5) is 13.3. The van der Waals surface area contributed by atoms with E-state index in [0.29, 0.717) is 17.3 Å². The van der Waals surface area contributed by atoms with Crippen molar-refractivity contribution < 1.29 is 4.79 Å². The second kappa shape index (κ2) is 4.88. The largest absolute Gasteiger partial charge is 0.397 e. The summed E-state index contributed by atoms with van der Waals surface area (Å²) in [5.41, 5.74) is 8.18. The Bertz CT molecular complexity index is 452. The molecule has 4 nitrogen and oxygen atoms in total. The Morgan fingerprint density at radius 2 is 2.11 bits per heavy atom. The molecule has 1 unspecified atom stereocenters. The molecule has 0 bridgehead atoms. The normalized spacial score (nSPS) is 16.2. The molecular weight excluding hydrogens is 226 g/mol. The van der Waals surface area contributed by atoms with Gasteiger partial charge in [0, 0.05) is 25.7 Å². The Hall–Kier alpha value is -1.71. The van der Waals surface area contributed by atoms with Gasteiger partial charge in [0.25, 0.3) is 5.91 Å². The van der Waals surface area contributed by atoms with E-state index in [1.165, 1.54) is 12.8 Å². The van der Waals surface area contributed by atoms with Crippen LogP contribution in [0, 0.1) is 5.92 Å². The van der Waals surface area contributed by atoms with Gasteiger partial charge < -0.3 is 16.0 Å². The van der Waals surface area contributed by atoms with E-state index in [1.807, 2.05) is 12.1 Å². The van der Waals surface area contributed by atoms with E-state index in [1.54, 1.807) is 25.1 Å². The number of hydrogen-bond acceptors (Lipinski definition) is 3. The van der Waals surface area contributed by atoms with Crippen LogP contribution < -0.4 is 11.1 Å². The lowest BCUT2D eigenvalue weighted by atomic mass is 10.1. The van der Waals surface area contributed by atoms with Crippen LogP contribution >= 0.6 is 0 Å². The van der Waals surface area contributed by atoms with Crippen LogP contribution in [0.2, 0.25) is 0 Å². The number of nitrogens with one attached hydrogen (secondary N) is 1. The van der Waals surface area contributed by atoms with E-state index >= 15 is 0 Å². The third-order valence-corrected chi connectivity index (χ3v) is 3.42. The molecule has 0 heterocycles. The molecule has 4 heteroatoms. The zero-order valence-electron chi connectivity index (χ0n) is 11.2. The van der Waals surface area contributed by atoms with Crippen molar-refractivity contribution in [3.05, 3.63) is 23.8 Å². The first-order valence-electron chi connectivity index (χ1n) is 6.36. The lowest BCUT2D eigenvalue weighted by molar-refractivity contribution is 0.0827. The molecule has 1 fully saturated rings. The first kappa shape index (κ1) is 12.7. The summed E-state index contributed by atoms with van der Waals surface area (Å²) < 4.78 is 0. The highest BCUT2D eigenvalue weighted by atomic mass is 16.2. The SMILES string of the molecule is CC(Nc1ccc(C(=O)N(C)C)cc1N)C1CC1. The molecule has 1 amide bonds. The quantitative estimate of drug-likeness (QED) is 0.802. The Labute approximate surface area is 108 Å². The summed E-state index contributed by atoms with van der Waals surface area (Å²) in [6.45, 7) is 2.18. The Balaban J connectivity index is 2.11. The highest BCUT2D eigenvalue weighted by Crippen LogP contribution is 2.34. The number of carbonyl (C=O) groups is 1.